The van der Waals surface area contributed by atoms with Crippen molar-refractivity contribution in [2.75, 3.05) is 18.4 Å². The molecule has 0 radical (unpaired) electrons. The van der Waals surface area contributed by atoms with E-state index in [2.05, 4.69) is 15.5 Å². The third-order valence-corrected chi connectivity index (χ3v) is 6.98. The van der Waals surface area contributed by atoms with Crippen LogP contribution in [0.1, 0.15) is 23.2 Å². The van der Waals surface area contributed by atoms with E-state index in [1.54, 1.807) is 24.3 Å². The summed E-state index contributed by atoms with van der Waals surface area (Å²) < 4.78 is 32.3. The minimum absolute atomic E-state index is 0.0617. The highest BCUT2D eigenvalue weighted by molar-refractivity contribution is 7.89. The predicted octanol–water partition coefficient (Wildman–Crippen LogP) is 3.43. The smallest absolute Gasteiger partial charge is 0.255 e. The Labute approximate surface area is 172 Å². The molecule has 1 N–H and O–H groups in total. The molecule has 1 saturated heterocycles. The molecule has 29 heavy (non-hydrogen) atoms. The van der Waals surface area contributed by atoms with Gasteiger partial charge in [-0.3, -0.25) is 4.79 Å². The van der Waals surface area contributed by atoms with Gasteiger partial charge in [0.25, 0.3) is 5.91 Å². The Balaban J connectivity index is 1.59. The Kier molecular flexibility index (Phi) is 5.35. The van der Waals surface area contributed by atoms with Crippen LogP contribution in [0.4, 0.5) is 5.69 Å². The summed E-state index contributed by atoms with van der Waals surface area (Å²) in [6.07, 6.45) is 2.84. The van der Waals surface area contributed by atoms with Gasteiger partial charge in [-0.1, -0.05) is 17.7 Å². The fourth-order valence-corrected chi connectivity index (χ4v) is 5.16. The molecule has 0 bridgehead atoms. The summed E-state index contributed by atoms with van der Waals surface area (Å²) in [4.78, 5) is 12.6. The van der Waals surface area contributed by atoms with Gasteiger partial charge in [0.1, 0.15) is 4.90 Å². The van der Waals surface area contributed by atoms with Crippen LogP contribution in [-0.2, 0) is 10.0 Å². The van der Waals surface area contributed by atoms with E-state index in [1.807, 2.05) is 0 Å². The Morgan fingerprint density at radius 1 is 1.14 bits per heavy atom. The number of sulfonamides is 1. The van der Waals surface area contributed by atoms with Crippen molar-refractivity contribution in [3.05, 3.63) is 59.4 Å². The standard InChI is InChI=1S/C19H17ClN4O4S/c20-16-7-6-13(11-17(16)29(26,27)24-8-1-2-9-24)18(25)22-15-5-3-4-14(10-15)19-23-21-12-28-19/h3-7,10-12H,1-2,8-9H2,(H,22,25). The van der Waals surface area contributed by atoms with Gasteiger partial charge in [0.15, 0.2) is 0 Å². The van der Waals surface area contributed by atoms with Crippen LogP contribution in [-0.4, -0.2) is 41.9 Å². The number of hydrogen-bond donors (Lipinski definition) is 1. The molecule has 1 amide bonds. The first-order chi connectivity index (χ1) is 13.9. The Hall–Kier alpha value is -2.75. The summed E-state index contributed by atoms with van der Waals surface area (Å²) >= 11 is 6.14. The zero-order chi connectivity index (χ0) is 20.4. The molecule has 8 nitrogen and oxygen atoms in total. The molecule has 4 rings (SSSR count). The van der Waals surface area contributed by atoms with Crippen molar-refractivity contribution in [2.45, 2.75) is 17.7 Å². The number of halogens is 1. The first-order valence-corrected chi connectivity index (χ1v) is 10.7. The fraction of sp³-hybridized carbons (Fsp3) is 0.211. The number of carbonyl (C=O) groups is 1. The highest BCUT2D eigenvalue weighted by atomic mass is 35.5. The Morgan fingerprint density at radius 3 is 2.66 bits per heavy atom. The van der Waals surface area contributed by atoms with Crippen molar-refractivity contribution in [2.24, 2.45) is 0 Å². The zero-order valence-electron chi connectivity index (χ0n) is 15.2. The second-order valence-electron chi connectivity index (χ2n) is 6.54. The van der Waals surface area contributed by atoms with Crippen molar-refractivity contribution in [3.8, 4) is 11.5 Å². The molecule has 0 atom stereocenters. The molecule has 0 aliphatic carbocycles. The number of hydrogen-bond acceptors (Lipinski definition) is 6. The van der Waals surface area contributed by atoms with Crippen molar-refractivity contribution in [1.29, 1.82) is 0 Å². The van der Waals surface area contributed by atoms with Crippen molar-refractivity contribution in [3.63, 3.8) is 0 Å². The van der Waals surface area contributed by atoms with Crippen LogP contribution in [0.2, 0.25) is 5.02 Å². The zero-order valence-corrected chi connectivity index (χ0v) is 16.8. The van der Waals surface area contributed by atoms with Gasteiger partial charge in [-0.25, -0.2) is 8.42 Å². The van der Waals surface area contributed by atoms with Crippen molar-refractivity contribution in [1.82, 2.24) is 14.5 Å². The molecule has 2 aromatic carbocycles. The average molecular weight is 433 g/mol. The number of amides is 1. The maximum absolute atomic E-state index is 12.9. The Bertz CT molecular complexity index is 1140. The summed E-state index contributed by atoms with van der Waals surface area (Å²) in [5, 5.41) is 10.3. The first-order valence-electron chi connectivity index (χ1n) is 8.93. The Morgan fingerprint density at radius 2 is 1.93 bits per heavy atom. The summed E-state index contributed by atoms with van der Waals surface area (Å²) in [5.74, 6) is -0.131. The van der Waals surface area contributed by atoms with Gasteiger partial charge >= 0.3 is 0 Å². The van der Waals surface area contributed by atoms with Crippen LogP contribution in [0.5, 0.6) is 0 Å². The quantitative estimate of drug-likeness (QED) is 0.662. The van der Waals surface area contributed by atoms with Crippen LogP contribution in [0.3, 0.4) is 0 Å². The average Bonchev–Trinajstić information content (AvgIpc) is 3.42. The molecule has 150 valence electrons. The lowest BCUT2D eigenvalue weighted by atomic mass is 10.1. The van der Waals surface area contributed by atoms with E-state index < -0.39 is 15.9 Å². The van der Waals surface area contributed by atoms with Crippen molar-refractivity contribution < 1.29 is 17.6 Å². The number of benzene rings is 2. The monoisotopic (exact) mass is 432 g/mol. The number of rotatable bonds is 5. The van der Waals surface area contributed by atoms with Gasteiger partial charge in [0.2, 0.25) is 22.3 Å². The minimum atomic E-state index is -3.74. The molecule has 2 heterocycles. The second-order valence-corrected chi connectivity index (χ2v) is 8.85. The van der Waals surface area contributed by atoms with Gasteiger partial charge in [-0.15, -0.1) is 10.2 Å². The molecule has 0 spiro atoms. The van der Waals surface area contributed by atoms with Crippen LogP contribution in [0.15, 0.2) is 58.2 Å². The van der Waals surface area contributed by atoms with Crippen molar-refractivity contribution >= 4 is 33.2 Å². The van der Waals surface area contributed by atoms with E-state index in [0.29, 0.717) is 30.2 Å². The molecule has 0 saturated carbocycles. The molecule has 1 aliphatic heterocycles. The van der Waals surface area contributed by atoms with Gasteiger partial charge < -0.3 is 9.73 Å². The van der Waals surface area contributed by atoms with Crippen LogP contribution < -0.4 is 5.32 Å². The lowest BCUT2D eigenvalue weighted by Gasteiger charge is -2.17. The summed E-state index contributed by atoms with van der Waals surface area (Å²) in [6.45, 7) is 0.912. The number of carbonyl (C=O) groups excluding carboxylic acids is 1. The molecular formula is C19H17ClN4O4S. The fourth-order valence-electron chi connectivity index (χ4n) is 3.14. The second kappa shape index (κ2) is 7.94. The van der Waals surface area contributed by atoms with E-state index in [0.717, 1.165) is 12.8 Å². The topological polar surface area (TPSA) is 105 Å². The lowest BCUT2D eigenvalue weighted by Crippen LogP contribution is -2.28. The van der Waals surface area contributed by atoms with Gasteiger partial charge in [0, 0.05) is 29.9 Å². The molecule has 1 aliphatic rings. The van der Waals surface area contributed by atoms with Gasteiger partial charge in [-0.2, -0.15) is 4.31 Å². The molecule has 10 heteroatoms. The van der Waals surface area contributed by atoms with E-state index in [9.17, 15) is 13.2 Å². The van der Waals surface area contributed by atoms with Crippen LogP contribution in [0.25, 0.3) is 11.5 Å². The maximum Gasteiger partial charge on any atom is 0.255 e. The highest BCUT2D eigenvalue weighted by Crippen LogP contribution is 2.28. The number of anilines is 1. The normalized spacial score (nSPS) is 14.8. The number of nitrogens with zero attached hydrogens (tertiary/aromatic N) is 3. The maximum atomic E-state index is 12.9. The molecule has 0 unspecified atom stereocenters. The predicted molar refractivity (Wildman–Crippen MR) is 107 cm³/mol. The highest BCUT2D eigenvalue weighted by Gasteiger charge is 2.29. The number of aromatic nitrogens is 2. The van der Waals surface area contributed by atoms with E-state index in [4.69, 9.17) is 16.0 Å². The molecule has 1 aromatic heterocycles. The summed E-state index contributed by atoms with van der Waals surface area (Å²) in [5.41, 5.74) is 1.34. The van der Waals surface area contributed by atoms with Crippen LogP contribution in [0, 0.1) is 0 Å². The van der Waals surface area contributed by atoms with Crippen LogP contribution >= 0.6 is 11.6 Å². The van der Waals surface area contributed by atoms with Gasteiger partial charge in [0.05, 0.1) is 5.02 Å². The third-order valence-electron chi connectivity index (χ3n) is 4.60. The van der Waals surface area contributed by atoms with E-state index >= 15 is 0 Å². The largest absolute Gasteiger partial charge is 0.423 e. The van der Waals surface area contributed by atoms with E-state index in [1.165, 1.54) is 28.9 Å². The number of nitrogens with one attached hydrogen (secondary N) is 1. The summed E-state index contributed by atoms with van der Waals surface area (Å²) in [7, 11) is -3.74. The summed E-state index contributed by atoms with van der Waals surface area (Å²) in [6, 6.07) is 11.1. The van der Waals surface area contributed by atoms with Gasteiger partial charge in [-0.05, 0) is 49.2 Å². The molecule has 1 fully saturated rings. The molecular weight excluding hydrogens is 416 g/mol. The lowest BCUT2D eigenvalue weighted by molar-refractivity contribution is 0.102. The minimum Gasteiger partial charge on any atom is -0.423 e. The third kappa shape index (κ3) is 4.02. The van der Waals surface area contributed by atoms with E-state index in [-0.39, 0.29) is 15.5 Å². The SMILES string of the molecule is O=C(Nc1cccc(-c2nnco2)c1)c1ccc(Cl)c(S(=O)(=O)N2CCCC2)c1. The molecule has 3 aromatic rings. The first kappa shape index (κ1) is 19.6.